The van der Waals surface area contributed by atoms with Crippen LogP contribution in [0.5, 0.6) is 0 Å². The van der Waals surface area contributed by atoms with Gasteiger partial charge in [-0.2, -0.15) is 0 Å². The molecule has 27 heavy (non-hydrogen) atoms. The number of fused-ring (bicyclic) bond motifs is 1. The second-order valence-electron chi connectivity index (χ2n) is 7.35. The smallest absolute Gasteiger partial charge is 0.263 e. The van der Waals surface area contributed by atoms with Crippen molar-refractivity contribution in [3.63, 3.8) is 0 Å². The van der Waals surface area contributed by atoms with Crippen LogP contribution in [0.1, 0.15) is 44.9 Å². The van der Waals surface area contributed by atoms with Crippen LogP contribution >= 0.6 is 11.3 Å². The molecular formula is C21H23FN2O2S. The molecule has 2 aliphatic rings. The van der Waals surface area contributed by atoms with Gasteiger partial charge in [-0.25, -0.2) is 4.39 Å². The standard InChI is InChI=1S/C21H23FN2O2S/c22-17-5-3-4-14(10-17)13-23-20(25)15-6-7-18-16(11-15)12-19(27-18)21(26)24-8-1-2-9-24/h3-5,10,12,15H,1-2,6-9,11,13H2,(H,23,25)/t15-/m0/s1. The lowest BCUT2D eigenvalue weighted by Crippen LogP contribution is -2.33. The lowest BCUT2D eigenvalue weighted by molar-refractivity contribution is -0.125. The fraction of sp³-hybridized carbons (Fsp3) is 0.429. The third-order valence-electron chi connectivity index (χ3n) is 5.41. The van der Waals surface area contributed by atoms with Crippen LogP contribution < -0.4 is 5.32 Å². The van der Waals surface area contributed by atoms with Crippen molar-refractivity contribution in [2.45, 2.75) is 38.6 Å². The maximum Gasteiger partial charge on any atom is 0.263 e. The van der Waals surface area contributed by atoms with Gasteiger partial charge in [0.1, 0.15) is 5.82 Å². The molecule has 1 fully saturated rings. The number of amides is 2. The number of benzene rings is 1. The number of aryl methyl sites for hydroxylation is 1. The molecule has 2 amide bonds. The van der Waals surface area contributed by atoms with E-state index in [4.69, 9.17) is 0 Å². The number of hydrogen-bond donors (Lipinski definition) is 1. The van der Waals surface area contributed by atoms with Gasteiger partial charge in [0.25, 0.3) is 5.91 Å². The zero-order chi connectivity index (χ0) is 18.8. The van der Waals surface area contributed by atoms with Gasteiger partial charge in [-0.3, -0.25) is 9.59 Å². The molecule has 1 N–H and O–H groups in total. The molecule has 1 aliphatic carbocycles. The number of hydrogen-bond acceptors (Lipinski definition) is 3. The van der Waals surface area contributed by atoms with Gasteiger partial charge in [-0.05, 0) is 61.4 Å². The van der Waals surface area contributed by atoms with E-state index >= 15 is 0 Å². The van der Waals surface area contributed by atoms with Crippen LogP contribution in [-0.2, 0) is 24.2 Å². The fourth-order valence-corrected chi connectivity index (χ4v) is 5.09. The predicted octanol–water partition coefficient (Wildman–Crippen LogP) is 3.54. The number of rotatable bonds is 4. The highest BCUT2D eigenvalue weighted by Gasteiger charge is 2.29. The third-order valence-corrected chi connectivity index (χ3v) is 6.64. The van der Waals surface area contributed by atoms with Crippen LogP contribution in [0.25, 0.3) is 0 Å². The molecular weight excluding hydrogens is 363 g/mol. The molecule has 1 aromatic heterocycles. The molecule has 2 heterocycles. The van der Waals surface area contributed by atoms with Gasteiger partial charge in [0, 0.05) is 30.4 Å². The highest BCUT2D eigenvalue weighted by molar-refractivity contribution is 7.14. The highest BCUT2D eigenvalue weighted by Crippen LogP contribution is 2.33. The molecule has 1 aromatic carbocycles. The first kappa shape index (κ1) is 18.2. The summed E-state index contributed by atoms with van der Waals surface area (Å²) in [5.41, 5.74) is 1.90. The summed E-state index contributed by atoms with van der Waals surface area (Å²) >= 11 is 1.59. The molecule has 142 valence electrons. The minimum atomic E-state index is -0.294. The third kappa shape index (κ3) is 4.05. The molecule has 0 spiro atoms. The monoisotopic (exact) mass is 386 g/mol. The lowest BCUT2D eigenvalue weighted by Gasteiger charge is -2.21. The molecule has 4 rings (SSSR count). The Bertz CT molecular complexity index is 858. The molecule has 4 nitrogen and oxygen atoms in total. The summed E-state index contributed by atoms with van der Waals surface area (Å²) < 4.78 is 13.2. The first-order valence-electron chi connectivity index (χ1n) is 9.53. The van der Waals surface area contributed by atoms with Crippen molar-refractivity contribution >= 4 is 23.2 Å². The van der Waals surface area contributed by atoms with Crippen LogP contribution in [0.15, 0.2) is 30.3 Å². The normalized spacial score (nSPS) is 19.0. The highest BCUT2D eigenvalue weighted by atomic mass is 32.1. The summed E-state index contributed by atoms with van der Waals surface area (Å²) in [5, 5.41) is 2.92. The van der Waals surface area contributed by atoms with Crippen molar-refractivity contribution in [1.82, 2.24) is 10.2 Å². The largest absolute Gasteiger partial charge is 0.352 e. The molecule has 1 aliphatic heterocycles. The Morgan fingerprint density at radius 1 is 1.22 bits per heavy atom. The summed E-state index contributed by atoms with van der Waals surface area (Å²) in [5.74, 6) is -0.240. The van der Waals surface area contributed by atoms with Crippen LogP contribution in [0.4, 0.5) is 4.39 Å². The number of thiophene rings is 1. The van der Waals surface area contributed by atoms with E-state index in [2.05, 4.69) is 5.32 Å². The average molecular weight is 386 g/mol. The molecule has 6 heteroatoms. The Morgan fingerprint density at radius 2 is 2.04 bits per heavy atom. The number of nitrogens with zero attached hydrogens (tertiary/aromatic N) is 1. The molecule has 0 unspecified atom stereocenters. The van der Waals surface area contributed by atoms with E-state index in [-0.39, 0.29) is 23.5 Å². The molecule has 0 bridgehead atoms. The minimum absolute atomic E-state index is 0.00327. The molecule has 2 aromatic rings. The second-order valence-corrected chi connectivity index (χ2v) is 8.48. The maximum absolute atomic E-state index is 13.2. The van der Waals surface area contributed by atoms with Gasteiger partial charge in [-0.15, -0.1) is 11.3 Å². The van der Waals surface area contributed by atoms with E-state index in [1.807, 2.05) is 11.0 Å². The van der Waals surface area contributed by atoms with Crippen LogP contribution in [0.3, 0.4) is 0 Å². The Kier molecular flexibility index (Phi) is 5.25. The lowest BCUT2D eigenvalue weighted by atomic mass is 9.87. The zero-order valence-corrected chi connectivity index (χ0v) is 16.0. The van der Waals surface area contributed by atoms with Crippen molar-refractivity contribution in [3.8, 4) is 0 Å². The van der Waals surface area contributed by atoms with Gasteiger partial charge in [0.2, 0.25) is 5.91 Å². The summed E-state index contributed by atoms with van der Waals surface area (Å²) in [7, 11) is 0. The van der Waals surface area contributed by atoms with Crippen molar-refractivity contribution < 1.29 is 14.0 Å². The first-order valence-corrected chi connectivity index (χ1v) is 10.3. The first-order chi connectivity index (χ1) is 13.1. The quantitative estimate of drug-likeness (QED) is 0.874. The summed E-state index contributed by atoms with van der Waals surface area (Å²) in [4.78, 5) is 29.1. The van der Waals surface area contributed by atoms with Gasteiger partial charge in [0.05, 0.1) is 4.88 Å². The summed E-state index contributed by atoms with van der Waals surface area (Å²) in [6.45, 7) is 2.04. The molecule has 1 saturated heterocycles. The fourth-order valence-electron chi connectivity index (χ4n) is 3.91. The molecule has 0 saturated carbocycles. The van der Waals surface area contributed by atoms with Crippen molar-refractivity contribution in [2.24, 2.45) is 5.92 Å². The SMILES string of the molecule is O=C(NCc1cccc(F)c1)[C@H]1CCc2sc(C(=O)N3CCCC3)cc2C1. The average Bonchev–Trinajstić information content (AvgIpc) is 3.34. The van der Waals surface area contributed by atoms with E-state index in [9.17, 15) is 14.0 Å². The summed E-state index contributed by atoms with van der Waals surface area (Å²) in [6, 6.07) is 8.28. The van der Waals surface area contributed by atoms with Gasteiger partial charge in [0.15, 0.2) is 0 Å². The van der Waals surface area contributed by atoms with E-state index in [1.165, 1.54) is 17.0 Å². The predicted molar refractivity (Wildman–Crippen MR) is 103 cm³/mol. The Labute approximate surface area is 162 Å². The van der Waals surface area contributed by atoms with Gasteiger partial charge < -0.3 is 10.2 Å². The van der Waals surface area contributed by atoms with Crippen LogP contribution in [0, 0.1) is 11.7 Å². The zero-order valence-electron chi connectivity index (χ0n) is 15.2. The summed E-state index contributed by atoms with van der Waals surface area (Å²) in [6.07, 6.45) is 4.48. The van der Waals surface area contributed by atoms with Crippen LogP contribution in [0.2, 0.25) is 0 Å². The van der Waals surface area contributed by atoms with E-state index in [1.54, 1.807) is 23.5 Å². The number of halogens is 1. The van der Waals surface area contributed by atoms with Crippen molar-refractivity contribution in [1.29, 1.82) is 0 Å². The topological polar surface area (TPSA) is 49.4 Å². The number of carbonyl (C=O) groups is 2. The van der Waals surface area contributed by atoms with E-state index < -0.39 is 0 Å². The Balaban J connectivity index is 1.37. The Hall–Kier alpha value is -2.21. The maximum atomic E-state index is 13.2. The van der Waals surface area contributed by atoms with Crippen molar-refractivity contribution in [2.75, 3.05) is 13.1 Å². The Morgan fingerprint density at radius 3 is 2.81 bits per heavy atom. The molecule has 0 radical (unpaired) electrons. The van der Waals surface area contributed by atoms with Crippen molar-refractivity contribution in [3.05, 3.63) is 57.0 Å². The number of nitrogens with one attached hydrogen (secondary N) is 1. The second kappa shape index (κ2) is 7.80. The van der Waals surface area contributed by atoms with E-state index in [0.29, 0.717) is 13.0 Å². The number of likely N-dealkylation sites (tertiary alicyclic amines) is 1. The van der Waals surface area contributed by atoms with Gasteiger partial charge >= 0.3 is 0 Å². The van der Waals surface area contributed by atoms with E-state index in [0.717, 1.165) is 54.8 Å². The van der Waals surface area contributed by atoms with Crippen LogP contribution in [-0.4, -0.2) is 29.8 Å². The molecule has 1 atom stereocenters. The number of carbonyl (C=O) groups excluding carboxylic acids is 2. The minimum Gasteiger partial charge on any atom is -0.352 e. The van der Waals surface area contributed by atoms with Gasteiger partial charge in [-0.1, -0.05) is 12.1 Å².